The average molecular weight is 487 g/mol. The van der Waals surface area contributed by atoms with Gasteiger partial charge in [0, 0.05) is 12.1 Å². The van der Waals surface area contributed by atoms with E-state index in [4.69, 9.17) is 9.47 Å². The van der Waals surface area contributed by atoms with Crippen molar-refractivity contribution in [3.8, 4) is 11.5 Å². The summed E-state index contributed by atoms with van der Waals surface area (Å²) < 4.78 is 50.4. The van der Waals surface area contributed by atoms with Crippen molar-refractivity contribution in [3.63, 3.8) is 0 Å². The number of ether oxygens (including phenoxy) is 2. The highest BCUT2D eigenvalue weighted by molar-refractivity contribution is 7.92. The van der Waals surface area contributed by atoms with E-state index >= 15 is 0 Å². The van der Waals surface area contributed by atoms with Crippen LogP contribution in [0.4, 0.5) is 10.1 Å². The van der Waals surface area contributed by atoms with Crippen molar-refractivity contribution >= 4 is 21.6 Å². The third-order valence-corrected chi connectivity index (χ3v) is 6.20. The number of benzene rings is 3. The summed E-state index contributed by atoms with van der Waals surface area (Å²) in [6.45, 7) is 0.155. The molecule has 0 saturated carbocycles. The second kappa shape index (κ2) is 11.5. The molecule has 3 rings (SSSR count). The molecule has 1 amide bonds. The lowest BCUT2D eigenvalue weighted by atomic mass is 10.1. The molecule has 0 aliphatic heterocycles. The van der Waals surface area contributed by atoms with E-state index in [0.29, 0.717) is 24.4 Å². The number of sulfonamides is 1. The summed E-state index contributed by atoms with van der Waals surface area (Å²) in [5, 5.41) is 2.79. The lowest BCUT2D eigenvalue weighted by molar-refractivity contribution is -0.123. The number of nitrogens with zero attached hydrogens (tertiary/aromatic N) is 1. The molecule has 180 valence electrons. The van der Waals surface area contributed by atoms with Crippen LogP contribution in [0, 0.1) is 5.82 Å². The highest BCUT2D eigenvalue weighted by Gasteiger charge is 2.19. The van der Waals surface area contributed by atoms with E-state index < -0.39 is 15.8 Å². The number of nitrogens with one attached hydrogen (secondary N) is 1. The van der Waals surface area contributed by atoms with Crippen LogP contribution in [0.2, 0.25) is 0 Å². The largest absolute Gasteiger partial charge is 0.497 e. The van der Waals surface area contributed by atoms with Crippen molar-refractivity contribution in [2.24, 2.45) is 0 Å². The normalized spacial score (nSPS) is 11.0. The van der Waals surface area contributed by atoms with Gasteiger partial charge in [-0.15, -0.1) is 0 Å². The first-order valence-electron chi connectivity index (χ1n) is 10.6. The van der Waals surface area contributed by atoms with Gasteiger partial charge in [-0.3, -0.25) is 9.10 Å². The standard InChI is InChI=1S/C25H27FN2O5S/c1-32-22-11-7-19(8-12-22)15-16-27-25(29)18-33-23-13-9-21(10-14-23)28(34(2,30)31)17-20-5-3-4-6-24(20)26/h3-14H,15-18H2,1-2H3,(H,27,29). The molecule has 0 aromatic heterocycles. The topological polar surface area (TPSA) is 84.9 Å². The highest BCUT2D eigenvalue weighted by atomic mass is 32.2. The summed E-state index contributed by atoms with van der Waals surface area (Å²) in [6, 6.07) is 19.9. The Labute approximate surface area is 199 Å². The van der Waals surface area contributed by atoms with E-state index in [1.54, 1.807) is 43.5 Å². The van der Waals surface area contributed by atoms with Gasteiger partial charge in [-0.1, -0.05) is 30.3 Å². The van der Waals surface area contributed by atoms with E-state index in [9.17, 15) is 17.6 Å². The van der Waals surface area contributed by atoms with Gasteiger partial charge in [0.1, 0.15) is 17.3 Å². The highest BCUT2D eigenvalue weighted by Crippen LogP contribution is 2.24. The molecule has 7 nitrogen and oxygen atoms in total. The fourth-order valence-electron chi connectivity index (χ4n) is 3.23. The first-order valence-corrected chi connectivity index (χ1v) is 12.4. The summed E-state index contributed by atoms with van der Waals surface area (Å²) in [6.07, 6.45) is 1.74. The second-order valence-corrected chi connectivity index (χ2v) is 9.50. The number of halogens is 1. The van der Waals surface area contributed by atoms with Gasteiger partial charge >= 0.3 is 0 Å². The van der Waals surface area contributed by atoms with E-state index in [0.717, 1.165) is 21.9 Å². The molecule has 9 heteroatoms. The van der Waals surface area contributed by atoms with Gasteiger partial charge in [0.25, 0.3) is 5.91 Å². The quantitative estimate of drug-likeness (QED) is 0.448. The molecule has 0 aliphatic carbocycles. The Morgan fingerprint density at radius 1 is 0.971 bits per heavy atom. The van der Waals surface area contributed by atoms with Crippen LogP contribution in [0.25, 0.3) is 0 Å². The molecule has 34 heavy (non-hydrogen) atoms. The minimum atomic E-state index is -3.65. The molecule has 0 fully saturated rings. The molecule has 3 aromatic rings. The van der Waals surface area contributed by atoms with Crippen molar-refractivity contribution in [1.29, 1.82) is 0 Å². The van der Waals surface area contributed by atoms with Gasteiger partial charge in [-0.05, 0) is 54.4 Å². The zero-order valence-electron chi connectivity index (χ0n) is 19.0. The van der Waals surface area contributed by atoms with E-state index in [-0.39, 0.29) is 24.6 Å². The minimum absolute atomic E-state index is 0.137. The van der Waals surface area contributed by atoms with Gasteiger partial charge in [-0.2, -0.15) is 0 Å². The molecule has 0 unspecified atom stereocenters. The third-order valence-electron chi connectivity index (χ3n) is 5.06. The van der Waals surface area contributed by atoms with Crippen LogP contribution < -0.4 is 19.1 Å². The summed E-state index contributed by atoms with van der Waals surface area (Å²) in [5.41, 5.74) is 1.70. The molecule has 0 aliphatic rings. The summed E-state index contributed by atoms with van der Waals surface area (Å²) in [4.78, 5) is 12.1. The maximum absolute atomic E-state index is 14.0. The molecule has 0 atom stereocenters. The number of hydrogen-bond acceptors (Lipinski definition) is 5. The molecule has 1 N–H and O–H groups in total. The number of carbonyl (C=O) groups excluding carboxylic acids is 1. The number of rotatable bonds is 11. The van der Waals surface area contributed by atoms with Gasteiger partial charge in [0.15, 0.2) is 6.61 Å². The van der Waals surface area contributed by atoms with Crippen LogP contribution in [-0.4, -0.2) is 40.8 Å². The van der Waals surface area contributed by atoms with Crippen molar-refractivity contribution in [1.82, 2.24) is 5.32 Å². The zero-order chi connectivity index (χ0) is 24.6. The number of carbonyl (C=O) groups is 1. The maximum Gasteiger partial charge on any atom is 0.257 e. The van der Waals surface area contributed by atoms with Crippen molar-refractivity contribution in [3.05, 3.63) is 89.7 Å². The Bertz CT molecular complexity index is 1200. The van der Waals surface area contributed by atoms with Gasteiger partial charge in [-0.25, -0.2) is 12.8 Å². The number of anilines is 1. The third kappa shape index (κ3) is 7.21. The summed E-state index contributed by atoms with van der Waals surface area (Å²) in [7, 11) is -2.05. The van der Waals surface area contributed by atoms with Crippen LogP contribution in [0.1, 0.15) is 11.1 Å². The monoisotopic (exact) mass is 486 g/mol. The molecule has 0 spiro atoms. The second-order valence-electron chi connectivity index (χ2n) is 7.59. The van der Waals surface area contributed by atoms with Crippen LogP contribution in [0.15, 0.2) is 72.8 Å². The van der Waals surface area contributed by atoms with E-state index in [1.165, 1.54) is 12.1 Å². The predicted molar refractivity (Wildman–Crippen MR) is 129 cm³/mol. The van der Waals surface area contributed by atoms with Crippen LogP contribution >= 0.6 is 0 Å². The van der Waals surface area contributed by atoms with E-state index in [1.807, 2.05) is 24.3 Å². The molecular formula is C25H27FN2O5S. The lowest BCUT2D eigenvalue weighted by Gasteiger charge is -2.23. The Kier molecular flexibility index (Phi) is 8.48. The molecular weight excluding hydrogens is 459 g/mol. The molecule has 0 bridgehead atoms. The van der Waals surface area contributed by atoms with Crippen molar-refractivity contribution in [2.75, 3.05) is 30.8 Å². The molecule has 0 radical (unpaired) electrons. The fourth-order valence-corrected chi connectivity index (χ4v) is 4.11. The van der Waals surface area contributed by atoms with Gasteiger partial charge in [0.05, 0.1) is 25.6 Å². The van der Waals surface area contributed by atoms with Crippen molar-refractivity contribution in [2.45, 2.75) is 13.0 Å². The van der Waals surface area contributed by atoms with Gasteiger partial charge < -0.3 is 14.8 Å². The number of amides is 1. The van der Waals surface area contributed by atoms with Crippen LogP contribution in [0.5, 0.6) is 11.5 Å². The molecule has 3 aromatic carbocycles. The minimum Gasteiger partial charge on any atom is -0.497 e. The Balaban J connectivity index is 1.52. The Morgan fingerprint density at radius 2 is 1.62 bits per heavy atom. The lowest BCUT2D eigenvalue weighted by Crippen LogP contribution is -2.30. The number of hydrogen-bond donors (Lipinski definition) is 1. The summed E-state index contributed by atoms with van der Waals surface area (Å²) >= 11 is 0. The van der Waals surface area contributed by atoms with Gasteiger partial charge in [0.2, 0.25) is 10.0 Å². The smallest absolute Gasteiger partial charge is 0.257 e. The SMILES string of the molecule is COc1ccc(CCNC(=O)COc2ccc(N(Cc3ccccc3F)S(C)(=O)=O)cc2)cc1. The summed E-state index contributed by atoms with van der Waals surface area (Å²) in [5.74, 6) is 0.441. The maximum atomic E-state index is 14.0. The first kappa shape index (κ1) is 25.0. The molecule has 0 saturated heterocycles. The number of methoxy groups -OCH3 is 1. The Hall–Kier alpha value is -3.59. The zero-order valence-corrected chi connectivity index (χ0v) is 19.8. The predicted octanol–water partition coefficient (Wildman–Crippen LogP) is 3.54. The van der Waals surface area contributed by atoms with Crippen molar-refractivity contribution < 1.29 is 27.1 Å². The van der Waals surface area contributed by atoms with E-state index in [2.05, 4.69) is 5.32 Å². The molecule has 0 heterocycles. The fraction of sp³-hybridized carbons (Fsp3) is 0.240. The first-order chi connectivity index (χ1) is 16.3. The van der Waals surface area contributed by atoms with Crippen LogP contribution in [-0.2, 0) is 27.8 Å². The average Bonchev–Trinajstić information content (AvgIpc) is 2.82. The van der Waals surface area contributed by atoms with Crippen LogP contribution in [0.3, 0.4) is 0 Å². The Morgan fingerprint density at radius 3 is 2.24 bits per heavy atom.